The van der Waals surface area contributed by atoms with Crippen LogP contribution < -0.4 is 0 Å². The lowest BCUT2D eigenvalue weighted by molar-refractivity contribution is 0.0747. The van der Waals surface area contributed by atoms with E-state index in [2.05, 4.69) is 20.9 Å². The van der Waals surface area contributed by atoms with Crippen molar-refractivity contribution in [2.75, 3.05) is 6.54 Å². The van der Waals surface area contributed by atoms with Gasteiger partial charge >= 0.3 is 0 Å². The van der Waals surface area contributed by atoms with Gasteiger partial charge in [0.1, 0.15) is 5.75 Å². The van der Waals surface area contributed by atoms with Gasteiger partial charge in [-0.15, -0.1) is 0 Å². The van der Waals surface area contributed by atoms with E-state index < -0.39 is 0 Å². The van der Waals surface area contributed by atoms with E-state index in [0.717, 1.165) is 15.9 Å². The van der Waals surface area contributed by atoms with Crippen LogP contribution in [0.5, 0.6) is 5.75 Å². The number of amides is 1. The van der Waals surface area contributed by atoms with Crippen LogP contribution in [-0.2, 0) is 6.54 Å². The summed E-state index contributed by atoms with van der Waals surface area (Å²) < 4.78 is 0.758. The van der Waals surface area contributed by atoms with Gasteiger partial charge in [0.2, 0.25) is 0 Å². The van der Waals surface area contributed by atoms with E-state index in [4.69, 9.17) is 0 Å². The Morgan fingerprint density at radius 3 is 2.76 bits per heavy atom. The summed E-state index contributed by atoms with van der Waals surface area (Å²) in [6.07, 6.45) is 0. The maximum atomic E-state index is 12.6. The monoisotopic (exact) mass is 348 g/mol. The van der Waals surface area contributed by atoms with Gasteiger partial charge in [0, 0.05) is 16.7 Å². The van der Waals surface area contributed by atoms with Gasteiger partial charge in [-0.2, -0.15) is 0 Å². The number of carbonyl (C=O) groups excluding carboxylic acids is 1. The van der Waals surface area contributed by atoms with Gasteiger partial charge in [0.05, 0.1) is 17.8 Å². The number of aromatic hydroxyl groups is 1. The zero-order valence-electron chi connectivity index (χ0n) is 12.0. The van der Waals surface area contributed by atoms with Crippen LogP contribution in [0.2, 0.25) is 0 Å². The van der Waals surface area contributed by atoms with Crippen LogP contribution in [0.3, 0.4) is 0 Å². The Morgan fingerprint density at radius 2 is 2.10 bits per heavy atom. The summed E-state index contributed by atoms with van der Waals surface area (Å²) in [5.74, 6) is -0.224. The average molecular weight is 349 g/mol. The van der Waals surface area contributed by atoms with Crippen molar-refractivity contribution in [2.45, 2.75) is 20.4 Å². The van der Waals surface area contributed by atoms with Crippen molar-refractivity contribution >= 4 is 21.8 Å². The third kappa shape index (κ3) is 3.82. The molecule has 2 aromatic rings. The van der Waals surface area contributed by atoms with Gasteiger partial charge < -0.3 is 10.0 Å². The molecule has 0 fully saturated rings. The fourth-order valence-electron chi connectivity index (χ4n) is 2.06. The number of carbonyl (C=O) groups is 1. The topological polar surface area (TPSA) is 53.4 Å². The Hall–Kier alpha value is -1.88. The first-order valence-corrected chi connectivity index (χ1v) is 7.51. The second-order valence-electron chi connectivity index (χ2n) is 4.75. The van der Waals surface area contributed by atoms with Crippen molar-refractivity contribution < 1.29 is 9.90 Å². The first-order chi connectivity index (χ1) is 10.0. The largest absolute Gasteiger partial charge is 0.507 e. The number of phenolic OH excluding ortho intramolecular Hbond substituents is 1. The van der Waals surface area contributed by atoms with E-state index in [1.54, 1.807) is 17.0 Å². The van der Waals surface area contributed by atoms with Crippen LogP contribution in [0, 0.1) is 6.92 Å². The number of aromatic nitrogens is 1. The van der Waals surface area contributed by atoms with Crippen molar-refractivity contribution in [3.63, 3.8) is 0 Å². The van der Waals surface area contributed by atoms with E-state index in [1.807, 2.05) is 32.0 Å². The summed E-state index contributed by atoms with van der Waals surface area (Å²) in [6.45, 7) is 4.79. The van der Waals surface area contributed by atoms with Crippen LogP contribution in [0.15, 0.2) is 40.9 Å². The highest BCUT2D eigenvalue weighted by Crippen LogP contribution is 2.23. The predicted octanol–water partition coefficient (Wildman–Crippen LogP) is 3.52. The number of pyridine rings is 1. The first kappa shape index (κ1) is 15.5. The molecule has 2 rings (SSSR count). The van der Waals surface area contributed by atoms with Crippen molar-refractivity contribution in [3.05, 3.63) is 57.8 Å². The summed E-state index contributed by atoms with van der Waals surface area (Å²) in [5, 5.41) is 9.88. The molecule has 0 atom stereocenters. The molecule has 1 heterocycles. The highest BCUT2D eigenvalue weighted by Gasteiger charge is 2.18. The van der Waals surface area contributed by atoms with Crippen LogP contribution in [0.4, 0.5) is 0 Å². The Morgan fingerprint density at radius 1 is 1.33 bits per heavy atom. The molecular weight excluding hydrogens is 332 g/mol. The van der Waals surface area contributed by atoms with Gasteiger partial charge in [-0.3, -0.25) is 9.78 Å². The van der Waals surface area contributed by atoms with Gasteiger partial charge in [-0.1, -0.05) is 22.0 Å². The molecule has 1 aromatic carbocycles. The molecule has 0 unspecified atom stereocenters. The van der Waals surface area contributed by atoms with Crippen LogP contribution in [0.25, 0.3) is 0 Å². The smallest absolute Gasteiger partial charge is 0.257 e. The van der Waals surface area contributed by atoms with Crippen LogP contribution in [0.1, 0.15) is 28.7 Å². The lowest BCUT2D eigenvalue weighted by Crippen LogP contribution is -2.30. The Kier molecular flexibility index (Phi) is 4.96. The number of benzene rings is 1. The number of halogens is 1. The highest BCUT2D eigenvalue weighted by atomic mass is 79.9. The molecule has 0 aliphatic rings. The normalized spacial score (nSPS) is 10.4. The molecule has 0 aliphatic carbocycles. The molecule has 0 radical (unpaired) electrons. The summed E-state index contributed by atoms with van der Waals surface area (Å²) in [6, 6.07) is 10.6. The maximum absolute atomic E-state index is 12.6. The Bertz CT molecular complexity index is 658. The molecule has 0 saturated carbocycles. The number of hydrogen-bond donors (Lipinski definition) is 1. The number of nitrogens with zero attached hydrogens (tertiary/aromatic N) is 2. The molecule has 0 spiro atoms. The second-order valence-corrected chi connectivity index (χ2v) is 5.67. The van der Waals surface area contributed by atoms with Crippen molar-refractivity contribution in [3.8, 4) is 5.75 Å². The van der Waals surface area contributed by atoms with Gasteiger partial charge in [0.15, 0.2) is 0 Å². The first-order valence-electron chi connectivity index (χ1n) is 6.71. The second kappa shape index (κ2) is 6.72. The summed E-state index contributed by atoms with van der Waals surface area (Å²) in [5.41, 5.74) is 2.04. The number of phenols is 1. The van der Waals surface area contributed by atoms with Crippen molar-refractivity contribution in [1.29, 1.82) is 0 Å². The lowest BCUT2D eigenvalue weighted by Gasteiger charge is -2.21. The highest BCUT2D eigenvalue weighted by molar-refractivity contribution is 9.10. The number of aryl methyl sites for hydroxylation is 1. The van der Waals surface area contributed by atoms with E-state index in [9.17, 15) is 9.90 Å². The van der Waals surface area contributed by atoms with Gasteiger partial charge in [-0.25, -0.2) is 0 Å². The van der Waals surface area contributed by atoms with Crippen molar-refractivity contribution in [2.24, 2.45) is 0 Å². The third-order valence-electron chi connectivity index (χ3n) is 3.16. The summed E-state index contributed by atoms with van der Waals surface area (Å²) >= 11 is 3.32. The fourth-order valence-corrected chi connectivity index (χ4v) is 2.42. The zero-order chi connectivity index (χ0) is 15.4. The fraction of sp³-hybridized carbons (Fsp3) is 0.250. The molecule has 1 amide bonds. The molecule has 0 saturated heterocycles. The SMILES string of the molecule is CCN(Cc1cccc(C)n1)C(=O)c1cc(Br)ccc1O. The third-order valence-corrected chi connectivity index (χ3v) is 3.65. The van der Waals surface area contributed by atoms with Crippen LogP contribution >= 0.6 is 15.9 Å². The number of rotatable bonds is 4. The quantitative estimate of drug-likeness (QED) is 0.919. The Labute approximate surface area is 132 Å². The minimum absolute atomic E-state index is 0.0150. The predicted molar refractivity (Wildman–Crippen MR) is 85.2 cm³/mol. The molecule has 110 valence electrons. The van der Waals surface area contributed by atoms with Gasteiger partial charge in [0.25, 0.3) is 5.91 Å². The molecule has 4 nitrogen and oxygen atoms in total. The summed E-state index contributed by atoms with van der Waals surface area (Å²) in [4.78, 5) is 18.6. The molecular formula is C16H17BrN2O2. The lowest BCUT2D eigenvalue weighted by atomic mass is 10.1. The maximum Gasteiger partial charge on any atom is 0.257 e. The van der Waals surface area contributed by atoms with Crippen LogP contribution in [-0.4, -0.2) is 27.4 Å². The van der Waals surface area contributed by atoms with Crippen molar-refractivity contribution in [1.82, 2.24) is 9.88 Å². The number of hydrogen-bond acceptors (Lipinski definition) is 3. The molecule has 0 aliphatic heterocycles. The van der Waals surface area contributed by atoms with E-state index in [-0.39, 0.29) is 11.7 Å². The van der Waals surface area contributed by atoms with E-state index >= 15 is 0 Å². The van der Waals surface area contributed by atoms with E-state index in [0.29, 0.717) is 18.7 Å². The minimum Gasteiger partial charge on any atom is -0.507 e. The average Bonchev–Trinajstić information content (AvgIpc) is 2.46. The van der Waals surface area contributed by atoms with E-state index in [1.165, 1.54) is 6.07 Å². The molecule has 5 heteroatoms. The molecule has 0 bridgehead atoms. The standard InChI is InChI=1S/C16H17BrN2O2/c1-3-19(10-13-6-4-5-11(2)18-13)16(21)14-9-12(17)7-8-15(14)20/h4-9,20H,3,10H2,1-2H3. The Balaban J connectivity index is 2.24. The minimum atomic E-state index is -0.209. The van der Waals surface area contributed by atoms with Gasteiger partial charge in [-0.05, 0) is 44.2 Å². The zero-order valence-corrected chi connectivity index (χ0v) is 13.6. The molecule has 1 N–H and O–H groups in total. The molecule has 21 heavy (non-hydrogen) atoms. The summed E-state index contributed by atoms with van der Waals surface area (Å²) in [7, 11) is 0. The molecule has 1 aromatic heterocycles.